The Labute approximate surface area is 88.2 Å². The van der Waals surface area contributed by atoms with Crippen LogP contribution >= 0.6 is 0 Å². The number of hydrogen-bond donors (Lipinski definition) is 0. The van der Waals surface area contributed by atoms with Gasteiger partial charge in [0.25, 0.3) is 0 Å². The van der Waals surface area contributed by atoms with Crippen molar-refractivity contribution in [2.45, 2.75) is 19.4 Å². The molecule has 0 N–H and O–H groups in total. The summed E-state index contributed by atoms with van der Waals surface area (Å²) in [5.74, 6) is -1.29. The molecule has 0 aromatic heterocycles. The highest BCUT2D eigenvalue weighted by Crippen LogP contribution is 2.40. The van der Waals surface area contributed by atoms with E-state index in [1.165, 1.54) is 7.11 Å². The van der Waals surface area contributed by atoms with Crippen LogP contribution in [0.1, 0.15) is 13.3 Å². The quantitative estimate of drug-likeness (QED) is 0.477. The van der Waals surface area contributed by atoms with Gasteiger partial charge in [-0.2, -0.15) is 0 Å². The fourth-order valence-corrected chi connectivity index (χ4v) is 2.42. The Morgan fingerprint density at radius 2 is 2.33 bits per heavy atom. The van der Waals surface area contributed by atoms with Crippen LogP contribution in [0.4, 0.5) is 0 Å². The van der Waals surface area contributed by atoms with Gasteiger partial charge in [0.2, 0.25) is 0 Å². The number of fused-ring (bicyclic) bond motifs is 1. The standard InChI is InChI=1S/C11H14O4/c1-6-7-4-3-5-8(10(12)14-2)9(7)11(13)15-6/h3-4,6-9H,5H2,1-2H3/t6-,7-,8+,9-/m0/s1. The zero-order valence-electron chi connectivity index (χ0n) is 8.80. The lowest BCUT2D eigenvalue weighted by molar-refractivity contribution is -0.154. The van der Waals surface area contributed by atoms with E-state index >= 15 is 0 Å². The first-order valence-electron chi connectivity index (χ1n) is 5.10. The molecule has 82 valence electrons. The number of hydrogen-bond acceptors (Lipinski definition) is 4. The summed E-state index contributed by atoms with van der Waals surface area (Å²) in [6.45, 7) is 1.85. The lowest BCUT2D eigenvalue weighted by Crippen LogP contribution is -2.34. The Hall–Kier alpha value is -1.32. The van der Waals surface area contributed by atoms with Crippen molar-refractivity contribution in [3.63, 3.8) is 0 Å². The first-order valence-corrected chi connectivity index (χ1v) is 5.10. The van der Waals surface area contributed by atoms with Crippen molar-refractivity contribution >= 4 is 11.9 Å². The van der Waals surface area contributed by atoms with Crippen LogP contribution < -0.4 is 0 Å². The molecule has 0 aromatic rings. The summed E-state index contributed by atoms with van der Waals surface area (Å²) in [6.07, 6.45) is 4.34. The molecule has 2 rings (SSSR count). The van der Waals surface area contributed by atoms with E-state index in [1.807, 2.05) is 19.1 Å². The first kappa shape index (κ1) is 10.2. The van der Waals surface area contributed by atoms with Gasteiger partial charge in [-0.15, -0.1) is 0 Å². The average molecular weight is 210 g/mol. The molecule has 1 aliphatic heterocycles. The normalized spacial score (nSPS) is 38.4. The van der Waals surface area contributed by atoms with Gasteiger partial charge in [-0.1, -0.05) is 12.2 Å². The third-order valence-electron chi connectivity index (χ3n) is 3.22. The van der Waals surface area contributed by atoms with Crippen molar-refractivity contribution in [3.05, 3.63) is 12.2 Å². The van der Waals surface area contributed by atoms with Gasteiger partial charge in [0.1, 0.15) is 6.10 Å². The van der Waals surface area contributed by atoms with Crippen LogP contribution in [0.5, 0.6) is 0 Å². The van der Waals surface area contributed by atoms with Gasteiger partial charge in [-0.25, -0.2) is 0 Å². The number of carbonyl (C=O) groups is 2. The number of methoxy groups -OCH3 is 1. The van der Waals surface area contributed by atoms with Crippen molar-refractivity contribution in [2.75, 3.05) is 7.11 Å². The lowest BCUT2D eigenvalue weighted by atomic mass is 9.75. The molecule has 4 nitrogen and oxygen atoms in total. The number of allylic oxidation sites excluding steroid dienone is 1. The Morgan fingerprint density at radius 3 is 3.00 bits per heavy atom. The van der Waals surface area contributed by atoms with Gasteiger partial charge < -0.3 is 9.47 Å². The van der Waals surface area contributed by atoms with Crippen molar-refractivity contribution in [2.24, 2.45) is 17.8 Å². The third-order valence-corrected chi connectivity index (χ3v) is 3.22. The van der Waals surface area contributed by atoms with Crippen LogP contribution in [0.2, 0.25) is 0 Å². The summed E-state index contributed by atoms with van der Waals surface area (Å²) in [5.41, 5.74) is 0. The van der Waals surface area contributed by atoms with E-state index in [-0.39, 0.29) is 35.8 Å². The van der Waals surface area contributed by atoms with Crippen molar-refractivity contribution in [1.82, 2.24) is 0 Å². The second kappa shape index (κ2) is 3.68. The highest BCUT2D eigenvalue weighted by Gasteiger charge is 2.49. The van der Waals surface area contributed by atoms with Gasteiger partial charge in [0.05, 0.1) is 18.9 Å². The number of esters is 2. The summed E-state index contributed by atoms with van der Waals surface area (Å²) < 4.78 is 9.84. The summed E-state index contributed by atoms with van der Waals surface area (Å²) >= 11 is 0. The lowest BCUT2D eigenvalue weighted by Gasteiger charge is -2.25. The van der Waals surface area contributed by atoms with Crippen LogP contribution in [-0.2, 0) is 19.1 Å². The Balaban J connectivity index is 2.26. The second-order valence-electron chi connectivity index (χ2n) is 4.04. The van der Waals surface area contributed by atoms with Gasteiger partial charge in [-0.3, -0.25) is 9.59 Å². The highest BCUT2D eigenvalue weighted by atomic mass is 16.6. The molecule has 0 bridgehead atoms. The van der Waals surface area contributed by atoms with Crippen LogP contribution in [0.3, 0.4) is 0 Å². The Morgan fingerprint density at radius 1 is 1.60 bits per heavy atom. The van der Waals surface area contributed by atoms with Crippen LogP contribution in [0.15, 0.2) is 12.2 Å². The molecule has 0 radical (unpaired) electrons. The van der Waals surface area contributed by atoms with E-state index in [2.05, 4.69) is 0 Å². The fraction of sp³-hybridized carbons (Fsp3) is 0.636. The molecule has 1 fully saturated rings. The monoisotopic (exact) mass is 210 g/mol. The SMILES string of the molecule is COC(=O)[C@@H]1CC=C[C@@H]2[C@@H]1C(=O)O[C@H]2C. The molecule has 1 heterocycles. The van der Waals surface area contributed by atoms with Gasteiger partial charge >= 0.3 is 11.9 Å². The molecule has 0 aromatic carbocycles. The second-order valence-corrected chi connectivity index (χ2v) is 4.04. The predicted molar refractivity (Wildman–Crippen MR) is 51.8 cm³/mol. The zero-order valence-corrected chi connectivity index (χ0v) is 8.80. The summed E-state index contributed by atoms with van der Waals surface area (Å²) in [6, 6.07) is 0. The fourth-order valence-electron chi connectivity index (χ4n) is 2.42. The number of rotatable bonds is 1. The minimum absolute atomic E-state index is 0.0235. The smallest absolute Gasteiger partial charge is 0.310 e. The van der Waals surface area contributed by atoms with Crippen molar-refractivity contribution in [1.29, 1.82) is 0 Å². The molecule has 0 spiro atoms. The van der Waals surface area contributed by atoms with E-state index in [1.54, 1.807) is 0 Å². The van der Waals surface area contributed by atoms with Crippen molar-refractivity contribution < 1.29 is 19.1 Å². The van der Waals surface area contributed by atoms with Crippen LogP contribution in [0.25, 0.3) is 0 Å². The van der Waals surface area contributed by atoms with Gasteiger partial charge in [0, 0.05) is 5.92 Å². The van der Waals surface area contributed by atoms with E-state index in [4.69, 9.17) is 9.47 Å². The maximum Gasteiger partial charge on any atom is 0.310 e. The molecule has 1 aliphatic carbocycles. The molecule has 2 aliphatic rings. The highest BCUT2D eigenvalue weighted by molar-refractivity contribution is 5.84. The largest absolute Gasteiger partial charge is 0.469 e. The van der Waals surface area contributed by atoms with E-state index in [0.717, 1.165) is 0 Å². The van der Waals surface area contributed by atoms with E-state index in [9.17, 15) is 9.59 Å². The average Bonchev–Trinajstić information content (AvgIpc) is 2.54. The molecule has 4 heteroatoms. The summed E-state index contributed by atoms with van der Waals surface area (Å²) in [7, 11) is 1.35. The maximum atomic E-state index is 11.6. The maximum absolute atomic E-state index is 11.6. The number of carbonyl (C=O) groups excluding carboxylic acids is 2. The molecule has 0 saturated carbocycles. The number of ether oxygens (including phenoxy) is 2. The summed E-state index contributed by atoms with van der Waals surface area (Å²) in [4.78, 5) is 23.1. The Bertz CT molecular complexity index is 321. The van der Waals surface area contributed by atoms with E-state index in [0.29, 0.717) is 6.42 Å². The molecule has 1 saturated heterocycles. The van der Waals surface area contributed by atoms with Crippen LogP contribution in [0, 0.1) is 17.8 Å². The summed E-state index contributed by atoms with van der Waals surface area (Å²) in [5, 5.41) is 0. The van der Waals surface area contributed by atoms with E-state index < -0.39 is 0 Å². The molecule has 4 atom stereocenters. The molecule has 15 heavy (non-hydrogen) atoms. The zero-order chi connectivity index (χ0) is 11.0. The molecular formula is C11H14O4. The third kappa shape index (κ3) is 1.54. The number of cyclic esters (lactones) is 1. The van der Waals surface area contributed by atoms with Crippen LogP contribution in [-0.4, -0.2) is 25.2 Å². The Kier molecular flexibility index (Phi) is 2.50. The molecular weight excluding hydrogens is 196 g/mol. The van der Waals surface area contributed by atoms with Gasteiger partial charge in [-0.05, 0) is 13.3 Å². The molecule has 0 unspecified atom stereocenters. The molecule has 0 amide bonds. The minimum Gasteiger partial charge on any atom is -0.469 e. The van der Waals surface area contributed by atoms with Gasteiger partial charge in [0.15, 0.2) is 0 Å². The topological polar surface area (TPSA) is 52.6 Å². The minimum atomic E-state index is -0.373. The first-order chi connectivity index (χ1) is 7.15. The van der Waals surface area contributed by atoms with Crippen molar-refractivity contribution in [3.8, 4) is 0 Å². The predicted octanol–water partition coefficient (Wildman–Crippen LogP) is 0.913.